The molecule has 0 amide bonds. The monoisotopic (exact) mass is 155 g/mol. The van der Waals surface area contributed by atoms with Crippen LogP contribution in [0, 0.1) is 0 Å². The first kappa shape index (κ1) is 7.53. The molecule has 0 atom stereocenters. The van der Waals surface area contributed by atoms with Crippen LogP contribution < -0.4 is 10.7 Å². The van der Waals surface area contributed by atoms with Crippen molar-refractivity contribution in [3.05, 3.63) is 0 Å². The van der Waals surface area contributed by atoms with Crippen LogP contribution in [0.15, 0.2) is 0 Å². The first-order valence-corrected chi connectivity index (χ1v) is 4.67. The van der Waals surface area contributed by atoms with Gasteiger partial charge in [-0.25, -0.2) is 10.4 Å². The molecular weight excluding hydrogens is 138 g/mol. The predicted molar refractivity (Wildman–Crippen MR) is 45.2 cm³/mol. The Morgan fingerprint density at radius 3 is 2.36 bits per heavy atom. The Morgan fingerprint density at radius 1 is 1.09 bits per heavy atom. The van der Waals surface area contributed by atoms with Crippen LogP contribution in [0.2, 0.25) is 0 Å². The summed E-state index contributed by atoms with van der Waals surface area (Å²) in [7, 11) is 0. The van der Waals surface area contributed by atoms with Gasteiger partial charge in [-0.2, -0.15) is 0 Å². The molecule has 0 aromatic carbocycles. The quantitative estimate of drug-likeness (QED) is 0.585. The Morgan fingerprint density at radius 2 is 1.82 bits per heavy atom. The summed E-state index contributed by atoms with van der Waals surface area (Å²) in [6.45, 7) is 4.79. The SMILES string of the molecule is C1CCN(NC2CNC2)CC1. The molecule has 2 heterocycles. The normalized spacial score (nSPS) is 28.4. The van der Waals surface area contributed by atoms with Gasteiger partial charge < -0.3 is 5.32 Å². The van der Waals surface area contributed by atoms with Gasteiger partial charge in [0, 0.05) is 32.2 Å². The van der Waals surface area contributed by atoms with Crippen molar-refractivity contribution in [2.45, 2.75) is 25.3 Å². The van der Waals surface area contributed by atoms with Gasteiger partial charge in [0.25, 0.3) is 0 Å². The first-order valence-electron chi connectivity index (χ1n) is 4.67. The maximum absolute atomic E-state index is 3.53. The zero-order valence-electron chi connectivity index (χ0n) is 6.97. The fourth-order valence-electron chi connectivity index (χ4n) is 1.66. The minimum absolute atomic E-state index is 0.716. The minimum atomic E-state index is 0.716. The van der Waals surface area contributed by atoms with Crippen molar-refractivity contribution >= 4 is 0 Å². The number of hydrazine groups is 1. The van der Waals surface area contributed by atoms with E-state index in [1.165, 1.54) is 32.4 Å². The molecule has 0 spiro atoms. The molecule has 0 radical (unpaired) electrons. The van der Waals surface area contributed by atoms with E-state index in [2.05, 4.69) is 15.8 Å². The lowest BCUT2D eigenvalue weighted by Crippen LogP contribution is -2.60. The van der Waals surface area contributed by atoms with E-state index in [0.29, 0.717) is 6.04 Å². The number of nitrogens with one attached hydrogen (secondary N) is 2. The zero-order chi connectivity index (χ0) is 7.52. The highest BCUT2D eigenvalue weighted by molar-refractivity contribution is 4.80. The average Bonchev–Trinajstić information content (AvgIpc) is 1.99. The number of hydrogen-bond donors (Lipinski definition) is 2. The van der Waals surface area contributed by atoms with Gasteiger partial charge in [-0.15, -0.1) is 0 Å². The Labute approximate surface area is 68.1 Å². The highest BCUT2D eigenvalue weighted by Crippen LogP contribution is 2.06. The second-order valence-corrected chi connectivity index (χ2v) is 3.53. The lowest BCUT2D eigenvalue weighted by Gasteiger charge is -2.36. The van der Waals surface area contributed by atoms with Gasteiger partial charge in [-0.3, -0.25) is 0 Å². The molecule has 64 valence electrons. The summed E-state index contributed by atoms with van der Waals surface area (Å²) in [5, 5.41) is 5.65. The van der Waals surface area contributed by atoms with Gasteiger partial charge in [-0.05, 0) is 12.8 Å². The molecule has 0 saturated carbocycles. The number of nitrogens with zero attached hydrogens (tertiary/aromatic N) is 1. The minimum Gasteiger partial charge on any atom is -0.313 e. The van der Waals surface area contributed by atoms with Crippen molar-refractivity contribution in [1.29, 1.82) is 0 Å². The first-order chi connectivity index (χ1) is 5.45. The summed E-state index contributed by atoms with van der Waals surface area (Å²) in [6, 6.07) is 0.716. The topological polar surface area (TPSA) is 27.3 Å². The molecular formula is C8H17N3. The van der Waals surface area contributed by atoms with E-state index in [-0.39, 0.29) is 0 Å². The van der Waals surface area contributed by atoms with E-state index in [1.54, 1.807) is 0 Å². The standard InChI is InChI=1S/C8H17N3/c1-2-4-11(5-3-1)10-8-6-9-7-8/h8-10H,1-7H2. The van der Waals surface area contributed by atoms with Gasteiger partial charge in [-0.1, -0.05) is 6.42 Å². The summed E-state index contributed by atoms with van der Waals surface area (Å²) in [5.74, 6) is 0. The molecule has 0 aromatic heterocycles. The molecule has 0 unspecified atom stereocenters. The molecule has 2 rings (SSSR count). The van der Waals surface area contributed by atoms with Gasteiger partial charge in [0.05, 0.1) is 0 Å². The third-order valence-electron chi connectivity index (χ3n) is 2.50. The highest BCUT2D eigenvalue weighted by Gasteiger charge is 2.19. The Bertz CT molecular complexity index is 117. The van der Waals surface area contributed by atoms with E-state index in [1.807, 2.05) is 0 Å². The van der Waals surface area contributed by atoms with Crippen molar-refractivity contribution in [3.63, 3.8) is 0 Å². The Balaban J connectivity index is 1.67. The summed E-state index contributed by atoms with van der Waals surface area (Å²) < 4.78 is 0. The molecule has 0 bridgehead atoms. The molecule has 2 saturated heterocycles. The second kappa shape index (κ2) is 3.52. The van der Waals surface area contributed by atoms with Crippen molar-refractivity contribution in [1.82, 2.24) is 15.8 Å². The smallest absolute Gasteiger partial charge is 0.0464 e. The van der Waals surface area contributed by atoms with Crippen LogP contribution in [0.3, 0.4) is 0 Å². The zero-order valence-corrected chi connectivity index (χ0v) is 6.97. The Hall–Kier alpha value is -0.120. The van der Waals surface area contributed by atoms with Gasteiger partial charge in [0.15, 0.2) is 0 Å². The van der Waals surface area contributed by atoms with Crippen molar-refractivity contribution in [3.8, 4) is 0 Å². The number of hydrogen-bond acceptors (Lipinski definition) is 3. The summed E-state index contributed by atoms with van der Waals surface area (Å²) in [5.41, 5.74) is 3.53. The van der Waals surface area contributed by atoms with Crippen molar-refractivity contribution in [2.75, 3.05) is 26.2 Å². The van der Waals surface area contributed by atoms with E-state index in [4.69, 9.17) is 0 Å². The van der Waals surface area contributed by atoms with E-state index in [0.717, 1.165) is 13.1 Å². The number of rotatable bonds is 2. The molecule has 0 aliphatic carbocycles. The molecule has 11 heavy (non-hydrogen) atoms. The predicted octanol–water partition coefficient (Wildman–Crippen LogP) is -0.0513. The average molecular weight is 155 g/mol. The molecule has 2 aliphatic heterocycles. The van der Waals surface area contributed by atoms with Crippen LogP contribution in [0.4, 0.5) is 0 Å². The lowest BCUT2D eigenvalue weighted by atomic mass is 10.1. The van der Waals surface area contributed by atoms with Gasteiger partial charge >= 0.3 is 0 Å². The lowest BCUT2D eigenvalue weighted by molar-refractivity contribution is 0.109. The molecule has 3 nitrogen and oxygen atoms in total. The fraction of sp³-hybridized carbons (Fsp3) is 1.00. The van der Waals surface area contributed by atoms with Crippen LogP contribution in [-0.2, 0) is 0 Å². The van der Waals surface area contributed by atoms with E-state index >= 15 is 0 Å². The molecule has 3 heteroatoms. The molecule has 2 N–H and O–H groups in total. The third-order valence-corrected chi connectivity index (χ3v) is 2.50. The van der Waals surface area contributed by atoms with Crippen molar-refractivity contribution in [2.24, 2.45) is 0 Å². The Kier molecular flexibility index (Phi) is 2.41. The second-order valence-electron chi connectivity index (χ2n) is 3.53. The van der Waals surface area contributed by atoms with Gasteiger partial charge in [0.2, 0.25) is 0 Å². The number of piperidine rings is 1. The van der Waals surface area contributed by atoms with Crippen LogP contribution >= 0.6 is 0 Å². The van der Waals surface area contributed by atoms with Crippen LogP contribution in [0.1, 0.15) is 19.3 Å². The van der Waals surface area contributed by atoms with Gasteiger partial charge in [0.1, 0.15) is 0 Å². The van der Waals surface area contributed by atoms with Crippen LogP contribution in [0.25, 0.3) is 0 Å². The molecule has 0 aromatic rings. The largest absolute Gasteiger partial charge is 0.313 e. The molecule has 2 fully saturated rings. The summed E-state index contributed by atoms with van der Waals surface area (Å²) in [4.78, 5) is 0. The van der Waals surface area contributed by atoms with E-state index in [9.17, 15) is 0 Å². The summed E-state index contributed by atoms with van der Waals surface area (Å²) in [6.07, 6.45) is 4.15. The summed E-state index contributed by atoms with van der Waals surface area (Å²) >= 11 is 0. The highest BCUT2D eigenvalue weighted by atomic mass is 15.5. The van der Waals surface area contributed by atoms with Crippen LogP contribution in [-0.4, -0.2) is 37.2 Å². The molecule has 2 aliphatic rings. The maximum Gasteiger partial charge on any atom is 0.0464 e. The fourth-order valence-corrected chi connectivity index (χ4v) is 1.66. The maximum atomic E-state index is 3.53. The van der Waals surface area contributed by atoms with E-state index < -0.39 is 0 Å². The van der Waals surface area contributed by atoms with Crippen molar-refractivity contribution < 1.29 is 0 Å². The van der Waals surface area contributed by atoms with Crippen LogP contribution in [0.5, 0.6) is 0 Å². The third kappa shape index (κ3) is 1.92.